The molecule has 0 saturated carbocycles. The fourth-order valence-electron chi connectivity index (χ4n) is 0.416. The zero-order valence-corrected chi connectivity index (χ0v) is 6.70. The highest BCUT2D eigenvalue weighted by molar-refractivity contribution is 5.96. The Morgan fingerprint density at radius 3 is 2.00 bits per heavy atom. The number of hydrogen-bond donors (Lipinski definition) is 0. The predicted octanol–water partition coefficient (Wildman–Crippen LogP) is -0.327. The van der Waals surface area contributed by atoms with E-state index >= 15 is 0 Å². The Labute approximate surface area is 64.6 Å². The highest BCUT2D eigenvalue weighted by atomic mass is 16.2. The average Bonchev–Trinajstić information content (AvgIpc) is 2.00. The fraction of sp³-hybridized carbons (Fsp3) is 0.500. The summed E-state index contributed by atoms with van der Waals surface area (Å²) < 4.78 is 0. The molecule has 0 heterocycles. The van der Waals surface area contributed by atoms with Gasteiger partial charge in [0, 0.05) is 21.0 Å². The molecule has 0 aliphatic heterocycles. The number of amides is 4. The van der Waals surface area contributed by atoms with E-state index in [0.29, 0.717) is 6.41 Å². The SMILES string of the molecule is CC(=O)N(C)C(=O)N(C)C=O. The van der Waals surface area contributed by atoms with Crippen LogP contribution in [0.15, 0.2) is 0 Å². The molecule has 0 N–H and O–H groups in total. The molecule has 0 fully saturated rings. The van der Waals surface area contributed by atoms with Crippen molar-refractivity contribution in [2.24, 2.45) is 0 Å². The molecule has 11 heavy (non-hydrogen) atoms. The first-order valence-electron chi connectivity index (χ1n) is 2.97. The van der Waals surface area contributed by atoms with Gasteiger partial charge in [-0.25, -0.2) is 4.79 Å². The van der Waals surface area contributed by atoms with Gasteiger partial charge in [0.1, 0.15) is 0 Å². The summed E-state index contributed by atoms with van der Waals surface area (Å²) in [6, 6.07) is -0.632. The van der Waals surface area contributed by atoms with Crippen LogP contribution in [0.3, 0.4) is 0 Å². The second kappa shape index (κ2) is 3.70. The molecule has 0 aliphatic carbocycles. The molecule has 0 spiro atoms. The number of imide groups is 2. The Morgan fingerprint density at radius 2 is 1.73 bits per heavy atom. The van der Waals surface area contributed by atoms with Gasteiger partial charge >= 0.3 is 6.03 Å². The highest BCUT2D eigenvalue weighted by Crippen LogP contribution is 1.90. The average molecular weight is 158 g/mol. The molecule has 0 aromatic heterocycles. The van der Waals surface area contributed by atoms with E-state index in [0.717, 1.165) is 9.80 Å². The molecule has 5 nitrogen and oxygen atoms in total. The zero-order valence-electron chi connectivity index (χ0n) is 6.70. The lowest BCUT2D eigenvalue weighted by molar-refractivity contribution is -0.125. The molecule has 5 heteroatoms. The fourth-order valence-corrected chi connectivity index (χ4v) is 0.416. The second-order valence-electron chi connectivity index (χ2n) is 2.08. The van der Waals surface area contributed by atoms with Crippen LogP contribution in [-0.4, -0.2) is 42.2 Å². The van der Waals surface area contributed by atoms with Crippen molar-refractivity contribution in [3.05, 3.63) is 0 Å². The van der Waals surface area contributed by atoms with Crippen LogP contribution in [0.4, 0.5) is 4.79 Å². The van der Waals surface area contributed by atoms with Crippen molar-refractivity contribution < 1.29 is 14.4 Å². The minimum absolute atomic E-state index is 0.349. The van der Waals surface area contributed by atoms with Gasteiger partial charge in [0.2, 0.25) is 12.3 Å². The van der Waals surface area contributed by atoms with Crippen LogP contribution in [0.25, 0.3) is 0 Å². The summed E-state index contributed by atoms with van der Waals surface area (Å²) in [6.07, 6.45) is 0.349. The van der Waals surface area contributed by atoms with Crippen LogP contribution in [0.2, 0.25) is 0 Å². The number of nitrogens with zero attached hydrogens (tertiary/aromatic N) is 2. The third kappa shape index (κ3) is 2.37. The quantitative estimate of drug-likeness (QED) is 0.491. The Bertz CT molecular complexity index is 190. The molecule has 0 aromatic rings. The number of hydrogen-bond acceptors (Lipinski definition) is 3. The van der Waals surface area contributed by atoms with E-state index in [9.17, 15) is 14.4 Å². The molecule has 0 bridgehead atoms. The molecule has 0 aliphatic rings. The maximum absolute atomic E-state index is 10.9. The van der Waals surface area contributed by atoms with E-state index in [4.69, 9.17) is 0 Å². The molecule has 0 saturated heterocycles. The number of carbonyl (C=O) groups excluding carboxylic acids is 3. The van der Waals surface area contributed by atoms with Crippen LogP contribution >= 0.6 is 0 Å². The van der Waals surface area contributed by atoms with E-state index < -0.39 is 11.9 Å². The Kier molecular flexibility index (Phi) is 3.23. The predicted molar refractivity (Wildman–Crippen MR) is 37.7 cm³/mol. The number of urea groups is 1. The largest absolute Gasteiger partial charge is 0.332 e. The summed E-state index contributed by atoms with van der Waals surface area (Å²) in [5, 5.41) is 0. The summed E-state index contributed by atoms with van der Waals surface area (Å²) >= 11 is 0. The van der Waals surface area contributed by atoms with Gasteiger partial charge in [0.25, 0.3) is 0 Å². The van der Waals surface area contributed by atoms with E-state index in [2.05, 4.69) is 0 Å². The minimum Gasteiger partial charge on any atom is -0.278 e. The molecular weight excluding hydrogens is 148 g/mol. The van der Waals surface area contributed by atoms with Crippen LogP contribution in [0, 0.1) is 0 Å². The van der Waals surface area contributed by atoms with Crippen molar-refractivity contribution in [1.29, 1.82) is 0 Å². The standard InChI is InChI=1S/C6H10N2O3/c1-5(10)8(3)6(11)7(2)4-9/h4H,1-3H3. The lowest BCUT2D eigenvalue weighted by Crippen LogP contribution is -2.40. The first-order valence-corrected chi connectivity index (χ1v) is 2.97. The topological polar surface area (TPSA) is 57.7 Å². The summed E-state index contributed by atoms with van der Waals surface area (Å²) in [4.78, 5) is 33.2. The van der Waals surface area contributed by atoms with Gasteiger partial charge in [-0.1, -0.05) is 0 Å². The first kappa shape index (κ1) is 9.61. The zero-order chi connectivity index (χ0) is 9.02. The first-order chi connectivity index (χ1) is 5.00. The van der Waals surface area contributed by atoms with Crippen molar-refractivity contribution in [2.45, 2.75) is 6.92 Å². The maximum atomic E-state index is 10.9. The summed E-state index contributed by atoms with van der Waals surface area (Å²) in [7, 11) is 2.60. The lowest BCUT2D eigenvalue weighted by Gasteiger charge is -2.16. The molecular formula is C6H10N2O3. The Morgan fingerprint density at radius 1 is 1.27 bits per heavy atom. The van der Waals surface area contributed by atoms with Crippen molar-refractivity contribution in [1.82, 2.24) is 9.80 Å². The maximum Gasteiger partial charge on any atom is 0.332 e. The molecule has 0 rings (SSSR count). The van der Waals surface area contributed by atoms with Crippen LogP contribution in [0.1, 0.15) is 6.92 Å². The Balaban J connectivity index is 4.24. The molecule has 0 unspecified atom stereocenters. The van der Waals surface area contributed by atoms with E-state index in [1.165, 1.54) is 21.0 Å². The summed E-state index contributed by atoms with van der Waals surface area (Å²) in [5.41, 5.74) is 0. The van der Waals surface area contributed by atoms with E-state index in [1.54, 1.807) is 0 Å². The number of carbonyl (C=O) groups is 3. The molecule has 0 atom stereocenters. The normalized spacial score (nSPS) is 8.64. The van der Waals surface area contributed by atoms with Crippen molar-refractivity contribution in [3.63, 3.8) is 0 Å². The van der Waals surface area contributed by atoms with E-state index in [1.807, 2.05) is 0 Å². The molecule has 62 valence electrons. The van der Waals surface area contributed by atoms with Gasteiger partial charge in [0.05, 0.1) is 0 Å². The van der Waals surface area contributed by atoms with Crippen molar-refractivity contribution in [3.8, 4) is 0 Å². The minimum atomic E-state index is -0.632. The third-order valence-corrected chi connectivity index (χ3v) is 1.22. The third-order valence-electron chi connectivity index (χ3n) is 1.22. The monoisotopic (exact) mass is 158 g/mol. The summed E-state index contributed by atoms with van der Waals surface area (Å²) in [5.74, 6) is -0.399. The molecule has 4 amide bonds. The van der Waals surface area contributed by atoms with E-state index in [-0.39, 0.29) is 0 Å². The van der Waals surface area contributed by atoms with Crippen LogP contribution < -0.4 is 0 Å². The van der Waals surface area contributed by atoms with Crippen LogP contribution in [0.5, 0.6) is 0 Å². The Hall–Kier alpha value is -1.39. The van der Waals surface area contributed by atoms with Crippen molar-refractivity contribution in [2.75, 3.05) is 14.1 Å². The molecule has 0 aromatic carbocycles. The lowest BCUT2D eigenvalue weighted by atomic mass is 10.6. The van der Waals surface area contributed by atoms with Gasteiger partial charge in [0.15, 0.2) is 0 Å². The smallest absolute Gasteiger partial charge is 0.278 e. The van der Waals surface area contributed by atoms with Crippen molar-refractivity contribution >= 4 is 18.3 Å². The highest BCUT2D eigenvalue weighted by Gasteiger charge is 2.15. The van der Waals surface area contributed by atoms with Gasteiger partial charge < -0.3 is 0 Å². The number of rotatable bonds is 1. The van der Waals surface area contributed by atoms with Gasteiger partial charge in [-0.3, -0.25) is 19.4 Å². The second-order valence-corrected chi connectivity index (χ2v) is 2.08. The summed E-state index contributed by atoms with van der Waals surface area (Å²) in [6.45, 7) is 1.25. The van der Waals surface area contributed by atoms with Gasteiger partial charge in [-0.2, -0.15) is 0 Å². The molecule has 0 radical (unpaired) electrons. The van der Waals surface area contributed by atoms with Gasteiger partial charge in [-0.05, 0) is 0 Å². The van der Waals surface area contributed by atoms with Crippen LogP contribution in [-0.2, 0) is 9.59 Å². The van der Waals surface area contributed by atoms with Gasteiger partial charge in [-0.15, -0.1) is 0 Å².